The van der Waals surface area contributed by atoms with Crippen LogP contribution in [-0.4, -0.2) is 0 Å². The lowest BCUT2D eigenvalue weighted by molar-refractivity contribution is 0.870. The van der Waals surface area contributed by atoms with Crippen molar-refractivity contribution < 1.29 is 0 Å². The number of hydrogen-bond donors (Lipinski definition) is 1. The standard InChI is InChI=1S/C9H9Cl2N/c10-9(11)7-12-6-8-4-2-1-3-5-8/h1-5,7,12H,6H2. The minimum Gasteiger partial charge on any atom is -0.385 e. The van der Waals surface area contributed by atoms with Gasteiger partial charge in [0.2, 0.25) is 0 Å². The van der Waals surface area contributed by atoms with Gasteiger partial charge in [0, 0.05) is 12.7 Å². The van der Waals surface area contributed by atoms with Crippen LogP contribution in [0.1, 0.15) is 5.56 Å². The summed E-state index contributed by atoms with van der Waals surface area (Å²) in [6, 6.07) is 10.0. The maximum atomic E-state index is 5.41. The molecule has 0 spiro atoms. The second kappa shape index (κ2) is 5.07. The molecule has 0 atom stereocenters. The first kappa shape index (κ1) is 9.43. The molecule has 0 saturated carbocycles. The largest absolute Gasteiger partial charge is 0.385 e. The average Bonchev–Trinajstić information content (AvgIpc) is 2.05. The highest BCUT2D eigenvalue weighted by Crippen LogP contribution is 2.04. The average molecular weight is 202 g/mol. The van der Waals surface area contributed by atoms with E-state index in [9.17, 15) is 0 Å². The molecule has 0 fully saturated rings. The first-order valence-electron chi connectivity index (χ1n) is 3.57. The molecule has 0 bridgehead atoms. The van der Waals surface area contributed by atoms with Gasteiger partial charge in [0.15, 0.2) is 0 Å². The molecule has 0 amide bonds. The summed E-state index contributed by atoms with van der Waals surface area (Å²) < 4.78 is 0.242. The SMILES string of the molecule is ClC(Cl)=CNCc1ccccc1. The van der Waals surface area contributed by atoms with Crippen molar-refractivity contribution in [1.82, 2.24) is 5.32 Å². The van der Waals surface area contributed by atoms with Gasteiger partial charge < -0.3 is 5.32 Å². The second-order valence-electron chi connectivity index (χ2n) is 2.30. The molecule has 0 saturated heterocycles. The van der Waals surface area contributed by atoms with E-state index >= 15 is 0 Å². The van der Waals surface area contributed by atoms with Crippen LogP contribution in [0.5, 0.6) is 0 Å². The van der Waals surface area contributed by atoms with Crippen molar-refractivity contribution in [1.29, 1.82) is 0 Å². The van der Waals surface area contributed by atoms with Crippen LogP contribution in [0.4, 0.5) is 0 Å². The Morgan fingerprint density at radius 3 is 2.50 bits per heavy atom. The van der Waals surface area contributed by atoms with Gasteiger partial charge >= 0.3 is 0 Å². The Labute approximate surface area is 82.0 Å². The van der Waals surface area contributed by atoms with Gasteiger partial charge in [0.1, 0.15) is 4.49 Å². The molecule has 0 aliphatic carbocycles. The summed E-state index contributed by atoms with van der Waals surface area (Å²) in [5.74, 6) is 0. The quantitative estimate of drug-likeness (QED) is 0.794. The number of hydrogen-bond acceptors (Lipinski definition) is 1. The molecule has 3 heteroatoms. The van der Waals surface area contributed by atoms with Crippen LogP contribution in [0.25, 0.3) is 0 Å². The van der Waals surface area contributed by atoms with Crippen LogP contribution < -0.4 is 5.32 Å². The zero-order chi connectivity index (χ0) is 8.81. The Bertz CT molecular complexity index is 252. The lowest BCUT2D eigenvalue weighted by Gasteiger charge is -1.99. The molecule has 1 aromatic rings. The fourth-order valence-electron chi connectivity index (χ4n) is 0.842. The van der Waals surface area contributed by atoms with Gasteiger partial charge in [-0.3, -0.25) is 0 Å². The van der Waals surface area contributed by atoms with E-state index in [2.05, 4.69) is 5.32 Å². The normalized spacial score (nSPS) is 9.17. The van der Waals surface area contributed by atoms with E-state index in [1.165, 1.54) is 5.56 Å². The fraction of sp³-hybridized carbons (Fsp3) is 0.111. The Kier molecular flexibility index (Phi) is 3.98. The smallest absolute Gasteiger partial charge is 0.122 e. The van der Waals surface area contributed by atoms with Gasteiger partial charge in [0.25, 0.3) is 0 Å². The third-order valence-electron chi connectivity index (χ3n) is 1.36. The van der Waals surface area contributed by atoms with E-state index in [1.807, 2.05) is 30.3 Å². The molecule has 0 aliphatic heterocycles. The summed E-state index contributed by atoms with van der Waals surface area (Å²) in [5.41, 5.74) is 1.20. The van der Waals surface area contributed by atoms with E-state index in [1.54, 1.807) is 6.20 Å². The van der Waals surface area contributed by atoms with Gasteiger partial charge in [-0.2, -0.15) is 0 Å². The zero-order valence-corrected chi connectivity index (χ0v) is 7.94. The van der Waals surface area contributed by atoms with Gasteiger partial charge in [-0.05, 0) is 5.56 Å². The maximum Gasteiger partial charge on any atom is 0.122 e. The van der Waals surface area contributed by atoms with Gasteiger partial charge in [0.05, 0.1) is 0 Å². The van der Waals surface area contributed by atoms with E-state index in [4.69, 9.17) is 23.2 Å². The summed E-state index contributed by atoms with van der Waals surface area (Å²) in [4.78, 5) is 0. The molecule has 0 radical (unpaired) electrons. The van der Waals surface area contributed by atoms with Crippen molar-refractivity contribution in [2.45, 2.75) is 6.54 Å². The Morgan fingerprint density at radius 1 is 1.25 bits per heavy atom. The third-order valence-corrected chi connectivity index (χ3v) is 1.58. The summed E-state index contributed by atoms with van der Waals surface area (Å²) in [7, 11) is 0. The minimum atomic E-state index is 0.242. The van der Waals surface area contributed by atoms with Crippen LogP contribution >= 0.6 is 23.2 Å². The van der Waals surface area contributed by atoms with Crippen LogP contribution in [0, 0.1) is 0 Å². The topological polar surface area (TPSA) is 12.0 Å². The molecular weight excluding hydrogens is 193 g/mol. The van der Waals surface area contributed by atoms with Crippen LogP contribution in [0.2, 0.25) is 0 Å². The van der Waals surface area contributed by atoms with E-state index < -0.39 is 0 Å². The van der Waals surface area contributed by atoms with Crippen molar-refractivity contribution >= 4 is 23.2 Å². The Morgan fingerprint density at radius 2 is 1.92 bits per heavy atom. The lowest BCUT2D eigenvalue weighted by Crippen LogP contribution is -2.03. The predicted molar refractivity (Wildman–Crippen MR) is 53.1 cm³/mol. The molecule has 1 N–H and O–H groups in total. The first-order valence-corrected chi connectivity index (χ1v) is 4.33. The van der Waals surface area contributed by atoms with Crippen LogP contribution in [0.3, 0.4) is 0 Å². The summed E-state index contributed by atoms with van der Waals surface area (Å²) >= 11 is 10.8. The zero-order valence-electron chi connectivity index (χ0n) is 6.43. The molecule has 0 aromatic heterocycles. The fourth-order valence-corrected chi connectivity index (χ4v) is 0.996. The highest BCUT2D eigenvalue weighted by molar-refractivity contribution is 6.55. The molecule has 0 aliphatic rings. The Balaban J connectivity index is 2.39. The van der Waals surface area contributed by atoms with Crippen LogP contribution in [-0.2, 0) is 6.54 Å². The lowest BCUT2D eigenvalue weighted by atomic mass is 10.2. The molecule has 12 heavy (non-hydrogen) atoms. The van der Waals surface area contributed by atoms with Crippen molar-refractivity contribution in [3.05, 3.63) is 46.6 Å². The molecular formula is C9H9Cl2N. The monoisotopic (exact) mass is 201 g/mol. The molecule has 1 rings (SSSR count). The van der Waals surface area contributed by atoms with E-state index in [0.29, 0.717) is 0 Å². The van der Waals surface area contributed by atoms with Crippen molar-refractivity contribution in [2.24, 2.45) is 0 Å². The predicted octanol–water partition coefficient (Wildman–Crippen LogP) is 3.05. The van der Waals surface area contributed by atoms with Gasteiger partial charge in [-0.15, -0.1) is 0 Å². The molecule has 1 aromatic carbocycles. The van der Waals surface area contributed by atoms with E-state index in [0.717, 1.165) is 6.54 Å². The van der Waals surface area contributed by atoms with Crippen molar-refractivity contribution in [3.63, 3.8) is 0 Å². The number of benzene rings is 1. The summed E-state index contributed by atoms with van der Waals surface area (Å²) in [6.45, 7) is 0.740. The first-order chi connectivity index (χ1) is 5.79. The number of halogens is 2. The number of nitrogens with one attached hydrogen (secondary N) is 1. The third kappa shape index (κ3) is 3.65. The van der Waals surface area contributed by atoms with E-state index in [-0.39, 0.29) is 4.49 Å². The highest BCUT2D eigenvalue weighted by Gasteiger charge is 1.87. The number of rotatable bonds is 3. The molecule has 1 nitrogen and oxygen atoms in total. The van der Waals surface area contributed by atoms with Crippen LogP contribution in [0.15, 0.2) is 41.0 Å². The summed E-state index contributed by atoms with van der Waals surface area (Å²) in [6.07, 6.45) is 1.57. The van der Waals surface area contributed by atoms with Gasteiger partial charge in [-0.1, -0.05) is 53.5 Å². The minimum absolute atomic E-state index is 0.242. The molecule has 0 heterocycles. The van der Waals surface area contributed by atoms with Crippen molar-refractivity contribution in [2.75, 3.05) is 0 Å². The second-order valence-corrected chi connectivity index (χ2v) is 3.31. The highest BCUT2D eigenvalue weighted by atomic mass is 35.5. The molecule has 0 unspecified atom stereocenters. The maximum absolute atomic E-state index is 5.41. The Hall–Kier alpha value is -0.660. The van der Waals surface area contributed by atoms with Crippen molar-refractivity contribution in [3.8, 4) is 0 Å². The molecule has 64 valence electrons. The summed E-state index contributed by atoms with van der Waals surface area (Å²) in [5, 5.41) is 2.98. The van der Waals surface area contributed by atoms with Gasteiger partial charge in [-0.25, -0.2) is 0 Å².